The van der Waals surface area contributed by atoms with E-state index in [0.717, 1.165) is 56.9 Å². The molecule has 1 fully saturated rings. The van der Waals surface area contributed by atoms with Gasteiger partial charge in [-0.1, -0.05) is 11.6 Å². The molecular formula is C16H23ClN4O2S. The zero-order valence-electron chi connectivity index (χ0n) is 13.8. The van der Waals surface area contributed by atoms with Crippen molar-refractivity contribution >= 4 is 29.1 Å². The topological polar surface area (TPSA) is 61.7 Å². The SMILES string of the molecule is CS/C(=C\[N+](=O)[O-])NCCCN1CCN(c2ccc(Cl)cc2)CC1. The minimum absolute atomic E-state index is 0.422. The van der Waals surface area contributed by atoms with Crippen LogP contribution in [0.3, 0.4) is 0 Å². The Morgan fingerprint density at radius 2 is 2.00 bits per heavy atom. The average Bonchev–Trinajstić information content (AvgIpc) is 2.58. The summed E-state index contributed by atoms with van der Waals surface area (Å²) in [5.74, 6) is 0. The normalized spacial score (nSPS) is 16.2. The van der Waals surface area contributed by atoms with Gasteiger partial charge < -0.3 is 10.2 Å². The molecule has 0 bridgehead atoms. The number of nitrogens with one attached hydrogen (secondary N) is 1. The van der Waals surface area contributed by atoms with Gasteiger partial charge in [-0.2, -0.15) is 0 Å². The van der Waals surface area contributed by atoms with Gasteiger partial charge in [0.2, 0.25) is 0 Å². The molecule has 0 atom stereocenters. The summed E-state index contributed by atoms with van der Waals surface area (Å²) in [6, 6.07) is 7.98. The van der Waals surface area contributed by atoms with Crippen LogP contribution in [-0.4, -0.2) is 55.3 Å². The van der Waals surface area contributed by atoms with Gasteiger partial charge in [-0.3, -0.25) is 15.0 Å². The number of halogens is 1. The Morgan fingerprint density at radius 3 is 2.58 bits per heavy atom. The minimum atomic E-state index is -0.422. The van der Waals surface area contributed by atoms with Crippen molar-refractivity contribution in [1.29, 1.82) is 0 Å². The van der Waals surface area contributed by atoms with Crippen LogP contribution in [0.1, 0.15) is 6.42 Å². The lowest BCUT2D eigenvalue weighted by atomic mass is 10.2. The molecule has 0 radical (unpaired) electrons. The Morgan fingerprint density at radius 1 is 1.33 bits per heavy atom. The molecule has 0 spiro atoms. The molecule has 1 aliphatic rings. The van der Waals surface area contributed by atoms with Gasteiger partial charge in [0.25, 0.3) is 6.20 Å². The van der Waals surface area contributed by atoms with Crippen LogP contribution in [-0.2, 0) is 0 Å². The van der Waals surface area contributed by atoms with E-state index in [-0.39, 0.29) is 0 Å². The number of nitro groups is 1. The second-order valence-electron chi connectivity index (χ2n) is 5.57. The van der Waals surface area contributed by atoms with E-state index in [4.69, 9.17) is 11.6 Å². The van der Waals surface area contributed by atoms with E-state index in [1.807, 2.05) is 18.4 Å². The molecule has 1 aromatic carbocycles. The zero-order valence-corrected chi connectivity index (χ0v) is 15.4. The Hall–Kier alpha value is -1.44. The fourth-order valence-electron chi connectivity index (χ4n) is 2.66. The van der Waals surface area contributed by atoms with Crippen molar-refractivity contribution in [2.45, 2.75) is 6.42 Å². The molecule has 132 valence electrons. The number of anilines is 1. The lowest BCUT2D eigenvalue weighted by Crippen LogP contribution is -2.46. The van der Waals surface area contributed by atoms with Crippen LogP contribution >= 0.6 is 23.4 Å². The summed E-state index contributed by atoms with van der Waals surface area (Å²) in [7, 11) is 0. The maximum atomic E-state index is 10.5. The van der Waals surface area contributed by atoms with Crippen LogP contribution in [0.2, 0.25) is 5.02 Å². The molecule has 1 saturated heterocycles. The Balaban J connectivity index is 1.66. The van der Waals surface area contributed by atoms with Crippen LogP contribution in [0.25, 0.3) is 0 Å². The zero-order chi connectivity index (χ0) is 17.4. The molecule has 1 aromatic rings. The van der Waals surface area contributed by atoms with Crippen molar-refractivity contribution in [3.05, 3.63) is 50.6 Å². The molecule has 0 unspecified atom stereocenters. The highest BCUT2D eigenvalue weighted by Gasteiger charge is 2.16. The number of hydrogen-bond donors (Lipinski definition) is 1. The Kier molecular flexibility index (Phi) is 7.68. The number of benzene rings is 1. The van der Waals surface area contributed by atoms with E-state index in [0.29, 0.717) is 5.03 Å². The van der Waals surface area contributed by atoms with Crippen molar-refractivity contribution < 1.29 is 4.92 Å². The summed E-state index contributed by atoms with van der Waals surface area (Å²) < 4.78 is 0. The van der Waals surface area contributed by atoms with Crippen molar-refractivity contribution in [2.24, 2.45) is 0 Å². The summed E-state index contributed by atoms with van der Waals surface area (Å²) in [5, 5.41) is 15.0. The number of nitrogens with zero attached hydrogens (tertiary/aromatic N) is 3. The quantitative estimate of drug-likeness (QED) is 0.431. The highest BCUT2D eigenvalue weighted by atomic mass is 35.5. The standard InChI is InChI=1S/C16H23ClN4O2S/c1-24-16(13-21(22)23)18-7-2-8-19-9-11-20(12-10-19)15-5-3-14(17)4-6-15/h3-6,13,18H,2,7-12H2,1H3/b16-13-. The summed E-state index contributed by atoms with van der Waals surface area (Å²) in [4.78, 5) is 14.9. The molecule has 0 aliphatic carbocycles. The summed E-state index contributed by atoms with van der Waals surface area (Å²) in [6.07, 6.45) is 3.82. The number of hydrogen-bond acceptors (Lipinski definition) is 6. The number of thioether (sulfide) groups is 1. The monoisotopic (exact) mass is 370 g/mol. The van der Waals surface area contributed by atoms with E-state index in [9.17, 15) is 10.1 Å². The van der Waals surface area contributed by atoms with Crippen LogP contribution < -0.4 is 10.2 Å². The van der Waals surface area contributed by atoms with Crippen LogP contribution in [0.15, 0.2) is 35.5 Å². The predicted octanol–water partition coefficient (Wildman–Crippen LogP) is 2.88. The average molecular weight is 371 g/mol. The number of rotatable bonds is 8. The number of piperazine rings is 1. The van der Waals surface area contributed by atoms with Crippen LogP contribution in [0.5, 0.6) is 0 Å². The van der Waals surface area contributed by atoms with Crippen LogP contribution in [0.4, 0.5) is 5.69 Å². The highest BCUT2D eigenvalue weighted by molar-refractivity contribution is 8.02. The van der Waals surface area contributed by atoms with E-state index >= 15 is 0 Å². The molecule has 0 amide bonds. The van der Waals surface area contributed by atoms with Gasteiger partial charge in [-0.15, -0.1) is 11.8 Å². The third kappa shape index (κ3) is 6.22. The second kappa shape index (κ2) is 9.76. The molecule has 1 heterocycles. The van der Waals surface area contributed by atoms with Gasteiger partial charge in [0.1, 0.15) is 5.03 Å². The van der Waals surface area contributed by atoms with E-state index < -0.39 is 4.92 Å². The van der Waals surface area contributed by atoms with E-state index in [2.05, 4.69) is 27.2 Å². The first-order valence-electron chi connectivity index (χ1n) is 7.94. The smallest absolute Gasteiger partial charge is 0.263 e. The first-order chi connectivity index (χ1) is 11.6. The van der Waals surface area contributed by atoms with Gasteiger partial charge in [0.15, 0.2) is 0 Å². The fourth-order valence-corrected chi connectivity index (χ4v) is 3.23. The van der Waals surface area contributed by atoms with Gasteiger partial charge in [0.05, 0.1) is 4.92 Å². The van der Waals surface area contributed by atoms with E-state index in [1.54, 1.807) is 0 Å². The van der Waals surface area contributed by atoms with Gasteiger partial charge >= 0.3 is 0 Å². The largest absolute Gasteiger partial charge is 0.375 e. The molecule has 6 nitrogen and oxygen atoms in total. The molecule has 8 heteroatoms. The summed E-state index contributed by atoms with van der Waals surface area (Å²) in [6.45, 7) is 5.82. The Bertz CT molecular complexity index is 560. The van der Waals surface area contributed by atoms with Gasteiger partial charge in [-0.05, 0) is 43.5 Å². The molecular weight excluding hydrogens is 348 g/mol. The van der Waals surface area contributed by atoms with Gasteiger partial charge in [-0.25, -0.2) is 0 Å². The van der Waals surface area contributed by atoms with Crippen LogP contribution in [0, 0.1) is 10.1 Å². The lowest BCUT2D eigenvalue weighted by Gasteiger charge is -2.36. The molecule has 1 aliphatic heterocycles. The molecule has 0 saturated carbocycles. The predicted molar refractivity (Wildman–Crippen MR) is 101 cm³/mol. The fraction of sp³-hybridized carbons (Fsp3) is 0.500. The Labute approximate surface area is 152 Å². The highest BCUT2D eigenvalue weighted by Crippen LogP contribution is 2.19. The maximum Gasteiger partial charge on any atom is 0.263 e. The van der Waals surface area contributed by atoms with E-state index in [1.165, 1.54) is 17.4 Å². The maximum absolute atomic E-state index is 10.5. The summed E-state index contributed by atoms with van der Waals surface area (Å²) >= 11 is 7.29. The minimum Gasteiger partial charge on any atom is -0.375 e. The second-order valence-corrected chi connectivity index (χ2v) is 6.85. The van der Waals surface area contributed by atoms with Crippen molar-refractivity contribution in [3.8, 4) is 0 Å². The first-order valence-corrected chi connectivity index (χ1v) is 9.55. The van der Waals surface area contributed by atoms with Crippen molar-refractivity contribution in [1.82, 2.24) is 10.2 Å². The van der Waals surface area contributed by atoms with Crippen molar-refractivity contribution in [2.75, 3.05) is 50.4 Å². The lowest BCUT2D eigenvalue weighted by molar-refractivity contribution is -0.403. The third-order valence-electron chi connectivity index (χ3n) is 3.96. The van der Waals surface area contributed by atoms with Crippen molar-refractivity contribution in [3.63, 3.8) is 0 Å². The molecule has 1 N–H and O–H groups in total. The summed E-state index contributed by atoms with van der Waals surface area (Å²) in [5.41, 5.74) is 1.22. The molecule has 24 heavy (non-hydrogen) atoms. The molecule has 0 aromatic heterocycles. The van der Waals surface area contributed by atoms with Gasteiger partial charge in [0, 0.05) is 43.4 Å². The first kappa shape index (κ1) is 18.9. The third-order valence-corrected chi connectivity index (χ3v) is 4.90. The molecule has 2 rings (SSSR count).